The zero-order chi connectivity index (χ0) is 21.6. The molecule has 1 aliphatic carbocycles. The second-order valence-corrected chi connectivity index (χ2v) is 7.27. The number of halogens is 3. The van der Waals surface area contributed by atoms with Crippen LogP contribution in [0.2, 0.25) is 0 Å². The van der Waals surface area contributed by atoms with Crippen molar-refractivity contribution in [1.29, 1.82) is 0 Å². The van der Waals surface area contributed by atoms with Crippen LogP contribution in [0.3, 0.4) is 0 Å². The largest absolute Gasteiger partial charge is 0.435 e. The lowest BCUT2D eigenvalue weighted by Gasteiger charge is -2.22. The fourth-order valence-electron chi connectivity index (χ4n) is 3.58. The number of aromatic nitrogens is 5. The van der Waals surface area contributed by atoms with Crippen LogP contribution < -0.4 is 10.9 Å². The van der Waals surface area contributed by atoms with Crippen LogP contribution in [0.1, 0.15) is 46.3 Å². The molecule has 1 atom stereocenters. The monoisotopic (exact) mass is 420 g/mol. The molecular formula is C19H19F3N6O2. The number of rotatable bonds is 3. The lowest BCUT2D eigenvalue weighted by molar-refractivity contribution is -0.141. The van der Waals surface area contributed by atoms with Crippen LogP contribution in [0, 0.1) is 0 Å². The van der Waals surface area contributed by atoms with Crippen molar-refractivity contribution < 1.29 is 18.0 Å². The third-order valence-electron chi connectivity index (χ3n) is 5.15. The number of aryl methyl sites for hydroxylation is 3. The first kappa shape index (κ1) is 19.9. The molecule has 0 unspecified atom stereocenters. The smallest absolute Gasteiger partial charge is 0.344 e. The van der Waals surface area contributed by atoms with E-state index < -0.39 is 17.8 Å². The first-order chi connectivity index (χ1) is 14.1. The lowest BCUT2D eigenvalue weighted by atomic mass is 9.93. The van der Waals surface area contributed by atoms with E-state index in [1.807, 2.05) is 0 Å². The normalized spacial score (nSPS) is 16.4. The Bertz CT molecular complexity index is 1170. The summed E-state index contributed by atoms with van der Waals surface area (Å²) in [5.74, 6) is -0.631. The molecule has 3 aromatic heterocycles. The van der Waals surface area contributed by atoms with Gasteiger partial charge in [-0.1, -0.05) is 0 Å². The first-order valence-electron chi connectivity index (χ1n) is 9.31. The highest BCUT2D eigenvalue weighted by molar-refractivity contribution is 5.93. The molecule has 0 fully saturated rings. The van der Waals surface area contributed by atoms with Gasteiger partial charge in [0.05, 0.1) is 17.4 Å². The predicted octanol–water partition coefficient (Wildman–Crippen LogP) is 2.13. The Morgan fingerprint density at radius 1 is 1.20 bits per heavy atom. The van der Waals surface area contributed by atoms with E-state index in [0.29, 0.717) is 12.1 Å². The quantitative estimate of drug-likeness (QED) is 0.703. The van der Waals surface area contributed by atoms with Crippen LogP contribution in [0.25, 0.3) is 5.69 Å². The molecule has 0 aromatic carbocycles. The molecule has 4 rings (SSSR count). The molecule has 8 nitrogen and oxygen atoms in total. The van der Waals surface area contributed by atoms with Gasteiger partial charge in [0, 0.05) is 44.2 Å². The van der Waals surface area contributed by atoms with Crippen LogP contribution in [0.15, 0.2) is 35.4 Å². The summed E-state index contributed by atoms with van der Waals surface area (Å²) in [4.78, 5) is 24.2. The van der Waals surface area contributed by atoms with E-state index in [2.05, 4.69) is 15.5 Å². The number of pyridine rings is 1. The van der Waals surface area contributed by atoms with Crippen molar-refractivity contribution in [2.75, 3.05) is 0 Å². The van der Waals surface area contributed by atoms with Crippen LogP contribution in [-0.2, 0) is 26.7 Å². The standard InChI is InChI=1S/C19H19F3N6O2/c1-26-9-11(6-7-17(26)29)28-10-12-13(4-3-5-14(12)24-28)23-18(30)15-8-16(19(20,21)22)25-27(15)2/h6-10,13H,3-5H2,1-2H3,(H,23,30)/t13-/m1/s1. The molecule has 0 spiro atoms. The average Bonchev–Trinajstić information content (AvgIpc) is 3.28. The Morgan fingerprint density at radius 3 is 2.63 bits per heavy atom. The van der Waals surface area contributed by atoms with E-state index in [1.165, 1.54) is 17.7 Å². The average molecular weight is 420 g/mol. The minimum absolute atomic E-state index is 0.143. The fourth-order valence-corrected chi connectivity index (χ4v) is 3.58. The highest BCUT2D eigenvalue weighted by Gasteiger charge is 2.36. The van der Waals surface area contributed by atoms with Gasteiger partial charge in [0.2, 0.25) is 5.56 Å². The van der Waals surface area contributed by atoms with Crippen LogP contribution in [0.4, 0.5) is 13.2 Å². The van der Waals surface area contributed by atoms with E-state index in [9.17, 15) is 22.8 Å². The van der Waals surface area contributed by atoms with Gasteiger partial charge >= 0.3 is 6.18 Å². The summed E-state index contributed by atoms with van der Waals surface area (Å²) in [6.45, 7) is 0. The van der Waals surface area contributed by atoms with E-state index >= 15 is 0 Å². The van der Waals surface area contributed by atoms with Crippen LogP contribution >= 0.6 is 0 Å². The first-order valence-corrected chi connectivity index (χ1v) is 9.31. The zero-order valence-corrected chi connectivity index (χ0v) is 16.3. The van der Waals surface area contributed by atoms with E-state index in [0.717, 1.165) is 34.8 Å². The highest BCUT2D eigenvalue weighted by Crippen LogP contribution is 2.31. The van der Waals surface area contributed by atoms with Gasteiger partial charge in [0.1, 0.15) is 5.69 Å². The van der Waals surface area contributed by atoms with E-state index in [1.54, 1.807) is 30.2 Å². The second kappa shape index (κ2) is 7.15. The van der Waals surface area contributed by atoms with Gasteiger partial charge < -0.3 is 9.88 Å². The van der Waals surface area contributed by atoms with Crippen LogP contribution in [-0.4, -0.2) is 30.0 Å². The summed E-state index contributed by atoms with van der Waals surface area (Å²) < 4.78 is 42.6. The molecular weight excluding hydrogens is 401 g/mol. The fraction of sp³-hybridized carbons (Fsp3) is 0.368. The summed E-state index contributed by atoms with van der Waals surface area (Å²) in [6.07, 6.45) is 0.963. The van der Waals surface area contributed by atoms with Crippen molar-refractivity contribution in [3.63, 3.8) is 0 Å². The molecule has 158 valence electrons. The van der Waals surface area contributed by atoms with Crippen LogP contribution in [0.5, 0.6) is 0 Å². The highest BCUT2D eigenvalue weighted by atomic mass is 19.4. The summed E-state index contributed by atoms with van der Waals surface area (Å²) in [5.41, 5.74) is 0.887. The van der Waals surface area contributed by atoms with Crippen molar-refractivity contribution in [3.8, 4) is 5.69 Å². The molecule has 3 heterocycles. The van der Waals surface area contributed by atoms with Crippen molar-refractivity contribution in [3.05, 3.63) is 63.6 Å². The zero-order valence-electron chi connectivity index (χ0n) is 16.3. The third kappa shape index (κ3) is 3.62. The molecule has 1 aliphatic rings. The SMILES string of the molecule is Cn1nc(C(F)(F)F)cc1C(=O)N[C@@H]1CCCc2nn(-c3ccc(=O)n(C)c3)cc21. The number of carbonyl (C=O) groups excluding carboxylic acids is 1. The molecule has 11 heteroatoms. The number of hydrogen-bond acceptors (Lipinski definition) is 4. The van der Waals surface area contributed by atoms with Crippen molar-refractivity contribution >= 4 is 5.91 Å². The maximum Gasteiger partial charge on any atom is 0.435 e. The van der Waals surface area contributed by atoms with Gasteiger partial charge in [-0.2, -0.15) is 23.4 Å². The Balaban J connectivity index is 1.60. The number of carbonyl (C=O) groups is 1. The molecule has 0 aliphatic heterocycles. The molecule has 1 N–H and O–H groups in total. The van der Waals surface area contributed by atoms with Gasteiger partial charge in [-0.3, -0.25) is 14.3 Å². The van der Waals surface area contributed by atoms with Gasteiger partial charge in [-0.15, -0.1) is 0 Å². The van der Waals surface area contributed by atoms with E-state index in [-0.39, 0.29) is 17.3 Å². The van der Waals surface area contributed by atoms with Gasteiger partial charge in [0.15, 0.2) is 5.69 Å². The number of nitrogens with zero attached hydrogens (tertiary/aromatic N) is 5. The molecule has 0 radical (unpaired) electrons. The summed E-state index contributed by atoms with van der Waals surface area (Å²) in [6, 6.07) is 3.46. The van der Waals surface area contributed by atoms with Gasteiger partial charge in [-0.05, 0) is 25.3 Å². The van der Waals surface area contributed by atoms with E-state index in [4.69, 9.17) is 0 Å². The van der Waals surface area contributed by atoms with Crippen molar-refractivity contribution in [1.82, 2.24) is 29.4 Å². The summed E-state index contributed by atoms with van der Waals surface area (Å²) in [5, 5.41) is 10.8. The maximum atomic E-state index is 12.9. The topological polar surface area (TPSA) is 86.7 Å². The van der Waals surface area contributed by atoms with Crippen molar-refractivity contribution in [2.45, 2.75) is 31.5 Å². The minimum Gasteiger partial charge on any atom is -0.344 e. The molecule has 1 amide bonds. The number of fused-ring (bicyclic) bond motifs is 1. The molecule has 3 aromatic rings. The van der Waals surface area contributed by atoms with Gasteiger partial charge in [0.25, 0.3) is 5.91 Å². The third-order valence-corrected chi connectivity index (χ3v) is 5.15. The minimum atomic E-state index is -4.62. The second-order valence-electron chi connectivity index (χ2n) is 7.27. The number of hydrogen-bond donors (Lipinski definition) is 1. The Morgan fingerprint density at radius 2 is 1.97 bits per heavy atom. The molecule has 30 heavy (non-hydrogen) atoms. The number of amides is 1. The Hall–Kier alpha value is -3.37. The number of nitrogens with one attached hydrogen (secondary N) is 1. The predicted molar refractivity (Wildman–Crippen MR) is 100 cm³/mol. The Labute approximate surface area is 168 Å². The lowest BCUT2D eigenvalue weighted by Crippen LogP contribution is -2.31. The maximum absolute atomic E-state index is 12.9. The Kier molecular flexibility index (Phi) is 4.75. The van der Waals surface area contributed by atoms with Crippen molar-refractivity contribution in [2.24, 2.45) is 14.1 Å². The summed E-state index contributed by atoms with van der Waals surface area (Å²) >= 11 is 0. The number of alkyl halides is 3. The molecule has 0 bridgehead atoms. The van der Waals surface area contributed by atoms with Gasteiger partial charge in [-0.25, -0.2) is 4.68 Å². The molecule has 0 saturated heterocycles. The summed E-state index contributed by atoms with van der Waals surface area (Å²) in [7, 11) is 2.94. The molecule has 0 saturated carbocycles.